The van der Waals surface area contributed by atoms with Gasteiger partial charge < -0.3 is 4.74 Å². The Balaban J connectivity index is 1.59. The zero-order valence-electron chi connectivity index (χ0n) is 18.3. The van der Waals surface area contributed by atoms with E-state index in [9.17, 15) is 14.0 Å². The molecule has 11 heteroatoms. The number of hydrogen-bond donors (Lipinski definition) is 1. The molecule has 1 fully saturated rings. The van der Waals surface area contributed by atoms with Crippen LogP contribution < -0.4 is 4.74 Å². The van der Waals surface area contributed by atoms with Crippen molar-refractivity contribution >= 4 is 59.0 Å². The largest absolute Gasteiger partial charge is 0.436 e. The van der Waals surface area contributed by atoms with Gasteiger partial charge in [0.25, 0.3) is 0 Å². The number of thiol groups is 1. The number of Topliss-reactive ketones (excluding diaryl/α,β-unsaturated/α-hetero) is 1. The molecule has 2 unspecified atom stereocenters. The zero-order chi connectivity index (χ0) is 25.4. The molecule has 5 rings (SSSR count). The summed E-state index contributed by atoms with van der Waals surface area (Å²) in [6.45, 7) is 0. The number of thiophene rings is 1. The molecule has 6 nitrogen and oxygen atoms in total. The molecule has 36 heavy (non-hydrogen) atoms. The van der Waals surface area contributed by atoms with Gasteiger partial charge in [0.05, 0.1) is 5.69 Å². The van der Waals surface area contributed by atoms with Crippen LogP contribution in [-0.4, -0.2) is 26.0 Å². The maximum Gasteiger partial charge on any atom is 0.248 e. The first-order chi connectivity index (χ1) is 17.3. The summed E-state index contributed by atoms with van der Waals surface area (Å²) in [5.41, 5.74) is 0.154. The lowest BCUT2D eigenvalue weighted by Crippen LogP contribution is -2.54. The van der Waals surface area contributed by atoms with Crippen molar-refractivity contribution in [2.75, 3.05) is 0 Å². The van der Waals surface area contributed by atoms with E-state index in [1.54, 1.807) is 42.5 Å². The number of nitrogens with zero attached hydrogens (tertiary/aromatic N) is 3. The molecule has 0 bridgehead atoms. The number of halogens is 3. The lowest BCUT2D eigenvalue weighted by atomic mass is 9.75. The van der Waals surface area contributed by atoms with Gasteiger partial charge in [-0.25, -0.2) is 9.97 Å². The summed E-state index contributed by atoms with van der Waals surface area (Å²) < 4.78 is 20.4. The van der Waals surface area contributed by atoms with Crippen LogP contribution in [0.5, 0.6) is 11.6 Å². The smallest absolute Gasteiger partial charge is 0.248 e. The third kappa shape index (κ3) is 4.26. The molecule has 3 aromatic heterocycles. The maximum atomic E-state index is 13.7. The van der Waals surface area contributed by atoms with Crippen molar-refractivity contribution in [2.24, 2.45) is 0 Å². The summed E-state index contributed by atoms with van der Waals surface area (Å²) in [6, 6.07) is 16.0. The second-order valence-corrected chi connectivity index (χ2v) is 9.95. The van der Waals surface area contributed by atoms with Crippen LogP contribution in [0.1, 0.15) is 29.2 Å². The third-order valence-electron chi connectivity index (χ3n) is 5.93. The summed E-state index contributed by atoms with van der Waals surface area (Å²) in [4.78, 5) is 35.4. The van der Waals surface area contributed by atoms with Crippen molar-refractivity contribution in [3.05, 3.63) is 104 Å². The van der Waals surface area contributed by atoms with E-state index in [0.29, 0.717) is 21.8 Å². The number of pyridine rings is 2. The molecule has 4 heterocycles. The van der Waals surface area contributed by atoms with E-state index in [1.165, 1.54) is 21.7 Å². The Morgan fingerprint density at radius 2 is 1.86 bits per heavy atom. The number of benzene rings is 1. The van der Waals surface area contributed by atoms with Crippen molar-refractivity contribution in [3.8, 4) is 11.6 Å². The van der Waals surface area contributed by atoms with Crippen LogP contribution in [0.15, 0.2) is 71.4 Å². The average molecular weight is 560 g/mol. The zero-order valence-corrected chi connectivity index (χ0v) is 21.5. The monoisotopic (exact) mass is 559 g/mol. The second kappa shape index (κ2) is 9.82. The van der Waals surface area contributed by atoms with Gasteiger partial charge in [-0.2, -0.15) is 15.7 Å². The van der Waals surface area contributed by atoms with Crippen LogP contribution >= 0.6 is 47.4 Å². The number of ketones is 1. The number of aromatic nitrogens is 2. The topological polar surface area (TPSA) is 72.4 Å². The fourth-order valence-electron chi connectivity index (χ4n) is 4.25. The molecule has 1 amide bonds. The number of carbonyl (C=O) groups excluding carboxylic acids is 2. The van der Waals surface area contributed by atoms with Gasteiger partial charge in [0, 0.05) is 17.5 Å². The van der Waals surface area contributed by atoms with Gasteiger partial charge in [0.1, 0.15) is 11.5 Å². The fourth-order valence-corrected chi connectivity index (χ4v) is 5.81. The van der Waals surface area contributed by atoms with E-state index < -0.39 is 23.3 Å². The first-order valence-electron chi connectivity index (χ1n) is 10.6. The summed E-state index contributed by atoms with van der Waals surface area (Å²) in [7, 11) is 0. The van der Waals surface area contributed by atoms with Gasteiger partial charge in [0.15, 0.2) is 16.7 Å². The number of carbonyl (C=O) groups is 2. The highest BCUT2D eigenvalue weighted by molar-refractivity contribution is 7.78. The second-order valence-electron chi connectivity index (χ2n) is 8.01. The first-order valence-corrected chi connectivity index (χ1v) is 12.7. The minimum absolute atomic E-state index is 0.0931. The lowest BCUT2D eigenvalue weighted by molar-refractivity contribution is -0.142. The van der Waals surface area contributed by atoms with Crippen molar-refractivity contribution in [3.63, 3.8) is 0 Å². The molecular formula is C25H16Cl2FN3O3S2. The third-order valence-corrected chi connectivity index (χ3v) is 7.76. The van der Waals surface area contributed by atoms with Crippen molar-refractivity contribution in [2.45, 2.75) is 17.9 Å². The predicted molar refractivity (Wildman–Crippen MR) is 138 cm³/mol. The molecule has 1 saturated heterocycles. The Kier molecular flexibility index (Phi) is 6.74. The Bertz CT molecular complexity index is 1470. The number of rotatable bonds is 5. The summed E-state index contributed by atoms with van der Waals surface area (Å²) in [5, 5.41) is 3.84. The predicted octanol–water partition coefficient (Wildman–Crippen LogP) is 6.45. The molecule has 0 saturated carbocycles. The lowest BCUT2D eigenvalue weighted by Gasteiger charge is -2.45. The molecule has 1 aromatic carbocycles. The van der Waals surface area contributed by atoms with Crippen LogP contribution in [0.3, 0.4) is 0 Å². The van der Waals surface area contributed by atoms with Gasteiger partial charge in [-0.05, 0) is 52.2 Å². The van der Waals surface area contributed by atoms with Gasteiger partial charge in [-0.1, -0.05) is 60.3 Å². The van der Waals surface area contributed by atoms with Crippen LogP contribution in [0, 0.1) is 5.95 Å². The van der Waals surface area contributed by atoms with Gasteiger partial charge in [-0.15, -0.1) is 0 Å². The minimum atomic E-state index is -1.31. The van der Waals surface area contributed by atoms with Gasteiger partial charge in [0.2, 0.25) is 17.7 Å². The van der Waals surface area contributed by atoms with Crippen molar-refractivity contribution < 1.29 is 18.7 Å². The van der Waals surface area contributed by atoms with E-state index in [1.807, 2.05) is 16.8 Å². The molecule has 2 atom stereocenters. The molecule has 0 N–H and O–H groups in total. The van der Waals surface area contributed by atoms with E-state index in [4.69, 9.17) is 27.9 Å². The number of hydrogen-bond acceptors (Lipinski definition) is 7. The standard InChI is InChI=1S/C25H16Cl2FN3O3S2/c26-16-5-2-1-4-15(16)22-17(32)12-25(31(35)24(22)33,14-10-11-36-13-14)19-6-3-7-21(29-19)34-18-8-9-20(28)30-23(18)27/h1-11,13,22,35H,12H2. The quantitative estimate of drug-likeness (QED) is 0.173. The van der Waals surface area contributed by atoms with Crippen LogP contribution in [-0.2, 0) is 15.1 Å². The van der Waals surface area contributed by atoms with E-state index >= 15 is 0 Å². The molecule has 0 radical (unpaired) electrons. The molecule has 182 valence electrons. The first kappa shape index (κ1) is 24.7. The van der Waals surface area contributed by atoms with E-state index in [2.05, 4.69) is 22.8 Å². The van der Waals surface area contributed by atoms with Crippen LogP contribution in [0.4, 0.5) is 4.39 Å². The van der Waals surface area contributed by atoms with Crippen molar-refractivity contribution in [1.82, 2.24) is 14.3 Å². The highest BCUT2D eigenvalue weighted by Crippen LogP contribution is 2.48. The Labute approximate surface area is 225 Å². The Morgan fingerprint density at radius 3 is 2.58 bits per heavy atom. The van der Waals surface area contributed by atoms with E-state index in [-0.39, 0.29) is 29.0 Å². The average Bonchev–Trinajstić information content (AvgIpc) is 3.40. The van der Waals surface area contributed by atoms with Gasteiger partial charge in [-0.3, -0.25) is 13.9 Å². The summed E-state index contributed by atoms with van der Waals surface area (Å²) in [6.07, 6.45) is -0.0931. The van der Waals surface area contributed by atoms with Crippen LogP contribution in [0.25, 0.3) is 0 Å². The Morgan fingerprint density at radius 1 is 1.06 bits per heavy atom. The van der Waals surface area contributed by atoms with Crippen molar-refractivity contribution in [1.29, 1.82) is 0 Å². The molecule has 1 aliphatic rings. The minimum Gasteiger partial charge on any atom is -0.436 e. The molecule has 0 spiro atoms. The molecule has 4 aromatic rings. The fraction of sp³-hybridized carbons (Fsp3) is 0.120. The normalized spacial score (nSPS) is 20.0. The summed E-state index contributed by atoms with van der Waals surface area (Å²) >= 11 is 18.4. The molecule has 1 aliphatic heterocycles. The summed E-state index contributed by atoms with van der Waals surface area (Å²) in [5.74, 6) is -2.46. The van der Waals surface area contributed by atoms with Crippen LogP contribution in [0.2, 0.25) is 10.2 Å². The molecular weight excluding hydrogens is 544 g/mol. The number of piperidine rings is 1. The number of amides is 1. The van der Waals surface area contributed by atoms with Gasteiger partial charge >= 0.3 is 0 Å². The highest BCUT2D eigenvalue weighted by Gasteiger charge is 2.53. The highest BCUT2D eigenvalue weighted by atomic mass is 35.5. The number of ether oxygens (including phenoxy) is 1. The Hall–Kier alpha value is -2.98. The van der Waals surface area contributed by atoms with E-state index in [0.717, 1.165) is 6.07 Å². The molecule has 0 aliphatic carbocycles. The SMILES string of the molecule is O=C1CC(c2ccsc2)(c2cccc(Oc3ccc(F)nc3Cl)n2)N(S)C(=O)C1c1ccccc1Cl. The maximum absolute atomic E-state index is 13.7.